The van der Waals surface area contributed by atoms with Crippen LogP contribution in [0, 0.1) is 0 Å². The van der Waals surface area contributed by atoms with E-state index in [1.165, 1.54) is 18.4 Å². The molecule has 0 saturated carbocycles. The van der Waals surface area contributed by atoms with E-state index in [-0.39, 0.29) is 5.97 Å². The molecule has 0 spiro atoms. The number of rotatable bonds is 6. The van der Waals surface area contributed by atoms with Gasteiger partial charge >= 0.3 is 5.97 Å². The number of ether oxygens (including phenoxy) is 1. The van der Waals surface area contributed by atoms with Gasteiger partial charge in [0.05, 0.1) is 7.11 Å². The fourth-order valence-electron chi connectivity index (χ4n) is 2.95. The summed E-state index contributed by atoms with van der Waals surface area (Å²) in [6.07, 6.45) is 5.60. The van der Waals surface area contributed by atoms with Gasteiger partial charge in [-0.1, -0.05) is 24.6 Å². The Labute approximate surface area is 144 Å². The number of thiocarbonyl (C=S) groups is 1. The number of nitrogens with one attached hydrogen (secondary N) is 1. The Morgan fingerprint density at radius 2 is 2.13 bits per heavy atom. The fraction of sp³-hybridized carbons (Fsp3) is 0.556. The highest BCUT2D eigenvalue weighted by molar-refractivity contribution is 7.80. The molecule has 0 radical (unpaired) electrons. The molecule has 0 amide bonds. The number of unbranched alkanes of at least 4 members (excludes halogenated alkanes) is 2. The number of anilines is 1. The summed E-state index contributed by atoms with van der Waals surface area (Å²) in [6.45, 7) is 3.06. The Balaban J connectivity index is 1.78. The number of hydrogen-bond donors (Lipinski definition) is 1. The fourth-order valence-corrected chi connectivity index (χ4v) is 3.33. The summed E-state index contributed by atoms with van der Waals surface area (Å²) in [5, 5.41) is 4.17. The highest BCUT2D eigenvalue weighted by Crippen LogP contribution is 2.30. The van der Waals surface area contributed by atoms with Crippen molar-refractivity contribution in [2.45, 2.75) is 51.5 Å². The molecular weight excluding hydrogens is 308 g/mol. The second kappa shape index (κ2) is 8.87. The van der Waals surface area contributed by atoms with Gasteiger partial charge in [0, 0.05) is 24.7 Å². The van der Waals surface area contributed by atoms with E-state index < -0.39 is 0 Å². The number of para-hydroxylation sites is 1. The molecule has 1 atom stereocenters. The van der Waals surface area contributed by atoms with Crippen LogP contribution in [0.4, 0.5) is 5.69 Å². The summed E-state index contributed by atoms with van der Waals surface area (Å²) in [7, 11) is 1.43. The number of benzene rings is 1. The molecule has 1 aromatic carbocycles. The van der Waals surface area contributed by atoms with Crippen LogP contribution >= 0.6 is 12.2 Å². The molecule has 1 aliphatic rings. The SMILES string of the molecule is COC(=O)CCCCCNC(=S)N1c2ccccc2CC[C@H]1C. The van der Waals surface area contributed by atoms with Gasteiger partial charge in [0.1, 0.15) is 0 Å². The standard InChI is InChI=1S/C18H26N2O2S/c1-14-11-12-15-8-5-6-9-16(15)20(14)18(23)19-13-7-3-4-10-17(21)22-2/h5-6,8-9,14H,3-4,7,10-13H2,1-2H3,(H,19,23)/t14-/m1/s1. The predicted octanol–water partition coefficient (Wildman–Crippen LogP) is 3.44. The molecule has 1 heterocycles. The zero-order valence-electron chi connectivity index (χ0n) is 14.0. The maximum atomic E-state index is 11.0. The van der Waals surface area contributed by atoms with E-state index in [0.29, 0.717) is 12.5 Å². The zero-order valence-corrected chi connectivity index (χ0v) is 14.8. The van der Waals surface area contributed by atoms with E-state index in [1.807, 2.05) is 0 Å². The first kappa shape index (κ1) is 17.7. The third kappa shape index (κ3) is 4.93. The molecule has 5 heteroatoms. The quantitative estimate of drug-likeness (QED) is 0.490. The number of nitrogens with zero attached hydrogens (tertiary/aromatic N) is 1. The van der Waals surface area contributed by atoms with Crippen LogP contribution in [0.2, 0.25) is 0 Å². The Bertz CT molecular complexity index is 548. The highest BCUT2D eigenvalue weighted by atomic mass is 32.1. The van der Waals surface area contributed by atoms with Crippen LogP contribution in [0.3, 0.4) is 0 Å². The molecule has 0 aromatic heterocycles. The molecule has 0 fully saturated rings. The van der Waals surface area contributed by atoms with Crippen LogP contribution in [0.15, 0.2) is 24.3 Å². The molecule has 0 unspecified atom stereocenters. The summed E-state index contributed by atoms with van der Waals surface area (Å²) in [4.78, 5) is 13.3. The van der Waals surface area contributed by atoms with Crippen molar-refractivity contribution in [2.75, 3.05) is 18.6 Å². The summed E-state index contributed by atoms with van der Waals surface area (Å²) in [6, 6.07) is 8.91. The topological polar surface area (TPSA) is 41.6 Å². The number of carbonyl (C=O) groups excluding carboxylic acids is 1. The van der Waals surface area contributed by atoms with E-state index in [9.17, 15) is 4.79 Å². The smallest absolute Gasteiger partial charge is 0.305 e. The van der Waals surface area contributed by atoms with Gasteiger partial charge in [0.2, 0.25) is 0 Å². The number of esters is 1. The molecule has 1 aromatic rings. The normalized spacial score (nSPS) is 16.6. The Morgan fingerprint density at radius 3 is 2.91 bits per heavy atom. The molecule has 126 valence electrons. The van der Waals surface area contributed by atoms with Crippen LogP contribution in [-0.4, -0.2) is 30.8 Å². The first-order valence-corrected chi connectivity index (χ1v) is 8.76. The van der Waals surface area contributed by atoms with Crippen LogP contribution in [-0.2, 0) is 16.0 Å². The third-order valence-corrected chi connectivity index (χ3v) is 4.64. The van der Waals surface area contributed by atoms with Crippen molar-refractivity contribution in [1.82, 2.24) is 5.32 Å². The maximum Gasteiger partial charge on any atom is 0.305 e. The predicted molar refractivity (Wildman–Crippen MR) is 97.8 cm³/mol. The van der Waals surface area contributed by atoms with Gasteiger partial charge in [0.25, 0.3) is 0 Å². The van der Waals surface area contributed by atoms with Gasteiger partial charge in [-0.05, 0) is 56.5 Å². The van der Waals surface area contributed by atoms with Crippen LogP contribution in [0.5, 0.6) is 0 Å². The lowest BCUT2D eigenvalue weighted by molar-refractivity contribution is -0.140. The summed E-state index contributed by atoms with van der Waals surface area (Å²) in [5.74, 6) is -0.132. The van der Waals surface area contributed by atoms with Crippen molar-refractivity contribution in [2.24, 2.45) is 0 Å². The molecule has 0 saturated heterocycles. The van der Waals surface area contributed by atoms with Gasteiger partial charge in [-0.3, -0.25) is 4.79 Å². The number of hydrogen-bond acceptors (Lipinski definition) is 3. The van der Waals surface area contributed by atoms with Crippen LogP contribution in [0.25, 0.3) is 0 Å². The summed E-state index contributed by atoms with van der Waals surface area (Å²) >= 11 is 5.61. The largest absolute Gasteiger partial charge is 0.469 e. The molecule has 1 N–H and O–H groups in total. The Kier molecular flexibility index (Phi) is 6.84. The van der Waals surface area contributed by atoms with E-state index >= 15 is 0 Å². The monoisotopic (exact) mass is 334 g/mol. The lowest BCUT2D eigenvalue weighted by atomic mass is 9.97. The van der Waals surface area contributed by atoms with Gasteiger partial charge < -0.3 is 15.0 Å². The second-order valence-corrected chi connectivity index (χ2v) is 6.39. The average molecular weight is 334 g/mol. The maximum absolute atomic E-state index is 11.0. The third-order valence-electron chi connectivity index (χ3n) is 4.30. The minimum absolute atomic E-state index is 0.132. The molecule has 4 nitrogen and oxygen atoms in total. The summed E-state index contributed by atoms with van der Waals surface area (Å²) in [5.41, 5.74) is 2.60. The summed E-state index contributed by atoms with van der Waals surface area (Å²) < 4.78 is 4.64. The average Bonchev–Trinajstić information content (AvgIpc) is 2.57. The lowest BCUT2D eigenvalue weighted by Gasteiger charge is -2.37. The van der Waals surface area contributed by atoms with Crippen molar-refractivity contribution in [3.8, 4) is 0 Å². The van der Waals surface area contributed by atoms with Crippen molar-refractivity contribution in [1.29, 1.82) is 0 Å². The first-order valence-electron chi connectivity index (χ1n) is 8.35. The molecule has 2 rings (SSSR count). The van der Waals surface area contributed by atoms with E-state index in [0.717, 1.165) is 43.8 Å². The molecule has 1 aliphatic heterocycles. The van der Waals surface area contributed by atoms with Crippen molar-refractivity contribution >= 4 is 29.0 Å². The highest BCUT2D eigenvalue weighted by Gasteiger charge is 2.25. The molecule has 0 aliphatic carbocycles. The number of methoxy groups -OCH3 is 1. The van der Waals surface area contributed by atoms with Crippen LogP contribution in [0.1, 0.15) is 44.6 Å². The second-order valence-electron chi connectivity index (χ2n) is 6.01. The molecular formula is C18H26N2O2S. The number of fused-ring (bicyclic) bond motifs is 1. The van der Waals surface area contributed by atoms with Gasteiger partial charge in [0.15, 0.2) is 5.11 Å². The number of carbonyl (C=O) groups is 1. The molecule has 0 bridgehead atoms. The van der Waals surface area contributed by atoms with Crippen LogP contribution < -0.4 is 10.2 Å². The van der Waals surface area contributed by atoms with Gasteiger partial charge in [-0.2, -0.15) is 0 Å². The minimum Gasteiger partial charge on any atom is -0.469 e. The minimum atomic E-state index is -0.132. The van der Waals surface area contributed by atoms with E-state index in [2.05, 4.69) is 46.1 Å². The van der Waals surface area contributed by atoms with E-state index in [4.69, 9.17) is 12.2 Å². The first-order chi connectivity index (χ1) is 11.1. The zero-order chi connectivity index (χ0) is 16.7. The van der Waals surface area contributed by atoms with Gasteiger partial charge in [-0.25, -0.2) is 0 Å². The van der Waals surface area contributed by atoms with Crippen molar-refractivity contribution in [3.05, 3.63) is 29.8 Å². The van der Waals surface area contributed by atoms with E-state index in [1.54, 1.807) is 0 Å². The number of aryl methyl sites for hydroxylation is 1. The Morgan fingerprint density at radius 1 is 1.35 bits per heavy atom. The van der Waals surface area contributed by atoms with Crippen molar-refractivity contribution in [3.63, 3.8) is 0 Å². The van der Waals surface area contributed by atoms with Gasteiger partial charge in [-0.15, -0.1) is 0 Å². The molecule has 23 heavy (non-hydrogen) atoms. The lowest BCUT2D eigenvalue weighted by Crippen LogP contribution is -2.47. The van der Waals surface area contributed by atoms with Crippen molar-refractivity contribution < 1.29 is 9.53 Å². The Hall–Kier alpha value is -1.62.